The number of benzene rings is 3. The molecule has 20 rings (SSSR count). The van der Waals surface area contributed by atoms with Crippen molar-refractivity contribution in [1.82, 2.24) is 78.0 Å². The van der Waals surface area contributed by atoms with E-state index in [0.717, 1.165) is 103 Å². The minimum atomic E-state index is -1.47. The van der Waals surface area contributed by atoms with Gasteiger partial charge < -0.3 is 123 Å². The lowest BCUT2D eigenvalue weighted by Gasteiger charge is -2.26. The first kappa shape index (κ1) is 97.1. The molecule has 0 amide bonds. The maximum Gasteiger partial charge on any atom is 0.164 e. The molecule has 0 bridgehead atoms. The zero-order chi connectivity index (χ0) is 96.8. The molecule has 136 heavy (non-hydrogen) atoms. The molecule has 5 aliphatic heterocycles. The fourth-order valence-electron chi connectivity index (χ4n) is 17.8. The number of likely N-dealkylation sites (N-methyl/N-ethyl adjacent to an activating group) is 1. The Morgan fingerprint density at radius 3 is 0.993 bits per heavy atom. The molecule has 35 nitrogen and oxygen atoms in total. The summed E-state index contributed by atoms with van der Waals surface area (Å²) in [5.74, 6) is -6.30. The topological polar surface area (TPSA) is 495 Å². The number of fused-ring (bicyclic) bond motifs is 5. The average Bonchev–Trinajstić information content (AvgIpc) is 1.63. The Labute approximate surface area is 771 Å². The molecule has 716 valence electrons. The Hall–Kier alpha value is -12.0. The summed E-state index contributed by atoms with van der Waals surface area (Å²) in [6.45, 7) is 13.4. The van der Waals surface area contributed by atoms with E-state index >= 15 is 0 Å². The fourth-order valence-corrected chi connectivity index (χ4v) is 17.8. The first-order chi connectivity index (χ1) is 65.2. The van der Waals surface area contributed by atoms with Gasteiger partial charge >= 0.3 is 0 Å². The van der Waals surface area contributed by atoms with E-state index < -0.39 is 188 Å². The Morgan fingerprint density at radius 1 is 0.309 bits per heavy atom. The van der Waals surface area contributed by atoms with E-state index in [0.29, 0.717) is 57.8 Å². The molecule has 0 spiro atoms. The van der Waals surface area contributed by atoms with Crippen molar-refractivity contribution in [3.8, 4) is 0 Å². The number of aromatic nitrogens is 15. The van der Waals surface area contributed by atoms with Crippen molar-refractivity contribution in [1.29, 1.82) is 0 Å². The monoisotopic (exact) mass is 1880 g/mol. The molecule has 15 aromatic rings. The van der Waals surface area contributed by atoms with Crippen LogP contribution in [-0.2, 0) is 36.5 Å². The van der Waals surface area contributed by atoms with Crippen molar-refractivity contribution in [3.05, 3.63) is 298 Å². The predicted octanol–water partition coefficient (Wildman–Crippen LogP) is 7.65. The van der Waals surface area contributed by atoms with E-state index in [1.165, 1.54) is 37.2 Å². The van der Waals surface area contributed by atoms with E-state index in [-0.39, 0.29) is 11.1 Å². The number of aliphatic hydroxyl groups excluding tert-OH is 14. The summed E-state index contributed by atoms with van der Waals surface area (Å²) in [6.07, 6.45) is -7.26. The lowest BCUT2D eigenvalue weighted by atomic mass is 9.96. The molecule has 41 heteroatoms. The molecule has 15 N–H and O–H groups in total. The van der Waals surface area contributed by atoms with Gasteiger partial charge in [0.25, 0.3) is 0 Å². The van der Waals surface area contributed by atoms with Crippen LogP contribution < -0.4 is 5.32 Å². The number of ether oxygens (including phenoxy) is 5. The minimum absolute atomic E-state index is 0.0313. The highest BCUT2D eigenvalue weighted by Gasteiger charge is 2.53. The molecule has 0 unspecified atom stereocenters. The van der Waals surface area contributed by atoms with Gasteiger partial charge in [-0.2, -0.15) is 0 Å². The molecule has 3 aromatic carbocycles. The van der Waals surface area contributed by atoms with Crippen LogP contribution in [0.5, 0.6) is 0 Å². The molecule has 0 radical (unpaired) electrons. The number of halogens is 6. The van der Waals surface area contributed by atoms with Crippen LogP contribution in [0.4, 0.5) is 26.3 Å². The van der Waals surface area contributed by atoms with Gasteiger partial charge in [-0.15, -0.1) is 0 Å². The van der Waals surface area contributed by atoms with E-state index in [1.54, 1.807) is 122 Å². The summed E-state index contributed by atoms with van der Waals surface area (Å²) in [7, 11) is 1.61. The highest BCUT2D eigenvalue weighted by Crippen LogP contribution is 2.45. The van der Waals surface area contributed by atoms with Gasteiger partial charge in [0.2, 0.25) is 0 Å². The number of aryl methyl sites for hydroxylation is 7. The SMILES string of the molecule is CCc1ncnc2c1ccn2[C@@H]1O[C@H]([C@H](O)c2ccc(F)c(F)c2)[C@@H](O)[C@H]1O.CCc1ncnc2c1ccn2[C@@H]1O[C@H]([C@H](O)c2ccc(F)c(F)c2)[C@@H](O)[C@H]1O.CN[C@H](c1ccc(F)c(F)c1)[C@H]1O[C@@H](n2ccc3c(C)ncnc32)[C@H](O)[C@@H]1O.Cc1cc([C@@H](O)[C@H]2O[C@@H](n3ccc4c(C)ccnc43)[C@H](O)[C@@H]2O)ccn1.Cc1ccc([C@@H](O)[C@H]2O[C@@H](n3ccc4c(C)ccnc43)[C@H](O)[C@@H]2O)cn1. The summed E-state index contributed by atoms with van der Waals surface area (Å²) in [5, 5.41) is 155. The number of hydrogen-bond acceptors (Lipinski definition) is 30. The summed E-state index contributed by atoms with van der Waals surface area (Å²) in [5.41, 5.74) is 10.6. The number of nitrogens with one attached hydrogen (secondary N) is 1. The minimum Gasteiger partial charge on any atom is -0.387 e. The van der Waals surface area contributed by atoms with Crippen LogP contribution in [0.25, 0.3) is 55.2 Å². The lowest BCUT2D eigenvalue weighted by Crippen LogP contribution is -2.39. The molecule has 5 saturated heterocycles. The number of rotatable bonds is 18. The van der Waals surface area contributed by atoms with Gasteiger partial charge in [-0.1, -0.05) is 38.1 Å². The maximum absolute atomic E-state index is 13.7. The van der Waals surface area contributed by atoms with Crippen LogP contribution in [-0.4, -0.2) is 243 Å². The first-order valence-electron chi connectivity index (χ1n) is 43.6. The smallest absolute Gasteiger partial charge is 0.164 e. The van der Waals surface area contributed by atoms with Crippen LogP contribution in [0.1, 0.15) is 143 Å². The Kier molecular flexibility index (Phi) is 29.1. The molecule has 25 atom stereocenters. The zero-order valence-corrected chi connectivity index (χ0v) is 74.1. The second-order valence-corrected chi connectivity index (χ2v) is 33.8. The summed E-state index contributed by atoms with van der Waals surface area (Å²) in [6, 6.07) is 28.6. The first-order valence-corrected chi connectivity index (χ1v) is 43.6. The molecular formula is C95H100F6N16O19. The summed E-state index contributed by atoms with van der Waals surface area (Å²) in [4.78, 5) is 42.3. The molecule has 17 heterocycles. The van der Waals surface area contributed by atoms with E-state index in [1.807, 2.05) is 78.8 Å². The van der Waals surface area contributed by atoms with Crippen molar-refractivity contribution in [2.45, 2.75) is 214 Å². The number of hydrogen-bond donors (Lipinski definition) is 15. The van der Waals surface area contributed by atoms with Crippen LogP contribution >= 0.6 is 0 Å². The summed E-state index contributed by atoms with van der Waals surface area (Å²) < 4.78 is 118. The van der Waals surface area contributed by atoms with Gasteiger partial charge in [-0.3, -0.25) is 9.97 Å². The standard InChI is InChI=1S/C19H20F2N4O3.2C19H19F2N3O4.2C19H21N3O4/c1-9-11-5-6-25(18(11)24-8-23-9)19-16(27)15(26)17(28-19)14(22-2)10-3-4-12(20)13(21)7-10;2*1-2-13-10-5-6-24(18(10)23-8-22-13)19-16(27)15(26)17(28-19)14(25)9-3-4-11(20)12(21)7-9;1-10-3-6-21-18-13(10)5-8-22(18)19-16(25)15(24)17(26-19)14(23)12-4-7-20-11(2)9-12;1-10-5-7-20-18-13(10)6-8-22(18)19-16(25)15(24)17(26-19)14(23)12-4-3-11(2)21-9-12/h3-8,14-17,19,22,26-27H,1-2H3;2*3-8,14-17,19,25-27H,2H2,1H3;2*3-9,14-17,19,23-25H,1-2H3/t5*14-,15+,16-,17-,19-/m11111/s1. The third-order valence-electron chi connectivity index (χ3n) is 25.3. The van der Waals surface area contributed by atoms with E-state index in [9.17, 15) is 97.8 Å². The van der Waals surface area contributed by atoms with Crippen LogP contribution in [0.3, 0.4) is 0 Å². The number of nitrogens with zero attached hydrogens (tertiary/aromatic N) is 15. The third kappa shape index (κ3) is 18.8. The highest BCUT2D eigenvalue weighted by molar-refractivity contribution is 5.82. The van der Waals surface area contributed by atoms with Crippen molar-refractivity contribution in [3.63, 3.8) is 0 Å². The van der Waals surface area contributed by atoms with Crippen LogP contribution in [0.15, 0.2) is 196 Å². The lowest BCUT2D eigenvalue weighted by molar-refractivity contribution is -0.0849. The Bertz CT molecular complexity index is 6580. The van der Waals surface area contributed by atoms with Gasteiger partial charge in [0, 0.05) is 99.7 Å². The molecular weight excluding hydrogens is 1780 g/mol. The van der Waals surface area contributed by atoms with Crippen molar-refractivity contribution in [2.75, 3.05) is 7.05 Å². The maximum atomic E-state index is 13.7. The predicted molar refractivity (Wildman–Crippen MR) is 473 cm³/mol. The van der Waals surface area contributed by atoms with E-state index in [2.05, 4.69) is 55.2 Å². The fraction of sp³-hybridized carbons (Fsp3) is 0.368. The molecule has 12 aromatic heterocycles. The Balaban J connectivity index is 0.000000123. The van der Waals surface area contributed by atoms with Crippen molar-refractivity contribution in [2.24, 2.45) is 0 Å². The average molecular weight is 1880 g/mol. The largest absolute Gasteiger partial charge is 0.387 e. The number of pyridine rings is 4. The zero-order valence-electron chi connectivity index (χ0n) is 74.1. The van der Waals surface area contributed by atoms with Gasteiger partial charge in [0.05, 0.1) is 23.1 Å². The second-order valence-electron chi connectivity index (χ2n) is 33.8. The quantitative estimate of drug-likeness (QED) is 0.0367. The van der Waals surface area contributed by atoms with Gasteiger partial charge in [-0.25, -0.2) is 66.2 Å². The molecule has 5 aliphatic rings. The van der Waals surface area contributed by atoms with Crippen molar-refractivity contribution < 1.29 is 122 Å². The van der Waals surface area contributed by atoms with E-state index in [4.69, 9.17) is 23.7 Å². The molecule has 5 fully saturated rings. The third-order valence-corrected chi connectivity index (χ3v) is 25.3. The second kappa shape index (κ2) is 40.7. The van der Waals surface area contributed by atoms with Crippen molar-refractivity contribution >= 4 is 55.2 Å². The van der Waals surface area contributed by atoms with Gasteiger partial charge in [0.1, 0.15) is 163 Å². The normalized spacial score (nSPS) is 26.5. The molecule has 0 saturated carbocycles. The molecule has 0 aliphatic carbocycles. The van der Waals surface area contributed by atoms with Crippen LogP contribution in [0.2, 0.25) is 0 Å². The Morgan fingerprint density at radius 2 is 0.625 bits per heavy atom. The van der Waals surface area contributed by atoms with Crippen LogP contribution in [0, 0.1) is 69.5 Å². The van der Waals surface area contributed by atoms with Gasteiger partial charge in [0.15, 0.2) is 66.0 Å². The number of aliphatic hydroxyl groups is 14. The van der Waals surface area contributed by atoms with Gasteiger partial charge in [-0.05, 0) is 185 Å². The highest BCUT2D eigenvalue weighted by atomic mass is 19.2. The summed E-state index contributed by atoms with van der Waals surface area (Å²) >= 11 is 0.